The van der Waals surface area contributed by atoms with E-state index < -0.39 is 16.2 Å². The van der Waals surface area contributed by atoms with Gasteiger partial charge in [0, 0.05) is 11.9 Å². The van der Waals surface area contributed by atoms with Crippen LogP contribution in [0.2, 0.25) is 0 Å². The fraction of sp³-hybridized carbons (Fsp3) is 0.176. The number of nitrogens with one attached hydrogen (secondary N) is 1. The molecule has 7 nitrogen and oxygen atoms in total. The minimum Gasteiger partial charge on any atom is -0.334 e. The maximum Gasteiger partial charge on any atom is 0.376 e. The minimum atomic E-state index is -0.716. The maximum absolute atomic E-state index is 12.4. The zero-order chi connectivity index (χ0) is 17.3. The Kier molecular flexibility index (Phi) is 3.99. The molecule has 24 heavy (non-hydrogen) atoms. The van der Waals surface area contributed by atoms with E-state index in [9.17, 15) is 14.9 Å². The van der Waals surface area contributed by atoms with Crippen LogP contribution < -0.4 is 10.9 Å². The normalized spacial score (nSPS) is 11.0. The van der Waals surface area contributed by atoms with Gasteiger partial charge >= 0.3 is 11.2 Å². The molecule has 0 amide bonds. The Labute approximate surface area is 137 Å². The van der Waals surface area contributed by atoms with E-state index in [1.165, 1.54) is 6.20 Å². The van der Waals surface area contributed by atoms with Crippen LogP contribution in [0.15, 0.2) is 53.5 Å². The topological polar surface area (TPSA) is 89.5 Å². The highest BCUT2D eigenvalue weighted by atomic mass is 16.6. The van der Waals surface area contributed by atoms with E-state index in [1.807, 2.05) is 24.3 Å². The summed E-state index contributed by atoms with van der Waals surface area (Å²) in [6.45, 7) is 4.16. The van der Waals surface area contributed by atoms with Gasteiger partial charge in [-0.1, -0.05) is 32.0 Å². The van der Waals surface area contributed by atoms with E-state index in [0.717, 1.165) is 9.96 Å². The lowest BCUT2D eigenvalue weighted by atomic mass is 10.0. The first-order chi connectivity index (χ1) is 11.5. The summed E-state index contributed by atoms with van der Waals surface area (Å²) in [5.74, 6) is 0.324. The van der Waals surface area contributed by atoms with Crippen LogP contribution in [0.1, 0.15) is 25.3 Å². The Bertz CT molecular complexity index is 962. The third-order valence-corrected chi connectivity index (χ3v) is 3.73. The van der Waals surface area contributed by atoms with Gasteiger partial charge in [0.25, 0.3) is 0 Å². The Morgan fingerprint density at radius 1 is 1.17 bits per heavy atom. The molecule has 0 aliphatic heterocycles. The first kappa shape index (κ1) is 15.7. The highest BCUT2D eigenvalue weighted by Gasteiger charge is 2.23. The van der Waals surface area contributed by atoms with Crippen LogP contribution >= 0.6 is 0 Å². The predicted octanol–water partition coefficient (Wildman–Crippen LogP) is 3.47. The zero-order valence-electron chi connectivity index (χ0n) is 13.3. The van der Waals surface area contributed by atoms with Gasteiger partial charge in [0.1, 0.15) is 5.65 Å². The standard InChI is InChI=1S/C17H16N4O3/c1-11(2)12-6-8-13(9-7-12)18-16-15(21(23)24)17(22)20-10-4-3-5-14(20)19-16/h3-11,18H,1-2H3. The highest BCUT2D eigenvalue weighted by Crippen LogP contribution is 2.24. The highest BCUT2D eigenvalue weighted by molar-refractivity contribution is 5.67. The van der Waals surface area contributed by atoms with Crippen molar-refractivity contribution in [2.75, 3.05) is 5.32 Å². The fourth-order valence-corrected chi connectivity index (χ4v) is 2.42. The molecule has 0 saturated carbocycles. The zero-order valence-corrected chi connectivity index (χ0v) is 13.3. The number of nitro groups is 1. The second-order valence-corrected chi connectivity index (χ2v) is 5.70. The molecule has 3 rings (SSSR count). The number of nitrogens with zero attached hydrogens (tertiary/aromatic N) is 3. The molecule has 0 unspecified atom stereocenters. The average Bonchev–Trinajstić information content (AvgIpc) is 2.55. The second kappa shape index (κ2) is 6.11. The van der Waals surface area contributed by atoms with E-state index in [2.05, 4.69) is 24.1 Å². The van der Waals surface area contributed by atoms with Gasteiger partial charge in [-0.25, -0.2) is 4.98 Å². The molecule has 7 heteroatoms. The van der Waals surface area contributed by atoms with Crippen LogP contribution in [0.25, 0.3) is 5.65 Å². The Morgan fingerprint density at radius 2 is 1.88 bits per heavy atom. The van der Waals surface area contributed by atoms with Gasteiger partial charge < -0.3 is 5.32 Å². The average molecular weight is 324 g/mol. The first-order valence-electron chi connectivity index (χ1n) is 7.50. The molecule has 1 N–H and O–H groups in total. The lowest BCUT2D eigenvalue weighted by Crippen LogP contribution is -2.20. The van der Waals surface area contributed by atoms with Crippen molar-refractivity contribution in [2.24, 2.45) is 0 Å². The van der Waals surface area contributed by atoms with Crippen molar-refractivity contribution in [1.29, 1.82) is 0 Å². The van der Waals surface area contributed by atoms with Crippen molar-refractivity contribution in [3.8, 4) is 0 Å². The van der Waals surface area contributed by atoms with Gasteiger partial charge in [0.05, 0.1) is 4.92 Å². The molecule has 0 aliphatic rings. The minimum absolute atomic E-state index is 0.0616. The fourth-order valence-electron chi connectivity index (χ4n) is 2.42. The van der Waals surface area contributed by atoms with E-state index in [4.69, 9.17) is 0 Å². The van der Waals surface area contributed by atoms with Crippen LogP contribution in [-0.4, -0.2) is 14.3 Å². The summed E-state index contributed by atoms with van der Waals surface area (Å²) in [5.41, 5.74) is 0.837. The second-order valence-electron chi connectivity index (χ2n) is 5.70. The van der Waals surface area contributed by atoms with Crippen LogP contribution in [0.5, 0.6) is 0 Å². The summed E-state index contributed by atoms with van der Waals surface area (Å²) in [4.78, 5) is 27.2. The smallest absolute Gasteiger partial charge is 0.334 e. The monoisotopic (exact) mass is 324 g/mol. The molecule has 0 fully saturated rings. The molecule has 2 heterocycles. The molecule has 0 saturated heterocycles. The lowest BCUT2D eigenvalue weighted by Gasteiger charge is -2.10. The molecule has 0 aliphatic carbocycles. The number of fused-ring (bicyclic) bond motifs is 1. The van der Waals surface area contributed by atoms with Crippen LogP contribution in [0, 0.1) is 10.1 Å². The van der Waals surface area contributed by atoms with Gasteiger partial charge in [-0.05, 0) is 35.7 Å². The van der Waals surface area contributed by atoms with E-state index in [-0.39, 0.29) is 5.82 Å². The Morgan fingerprint density at radius 3 is 2.50 bits per heavy atom. The summed E-state index contributed by atoms with van der Waals surface area (Å²) in [5, 5.41) is 14.2. The van der Waals surface area contributed by atoms with Gasteiger partial charge in [-0.15, -0.1) is 0 Å². The Balaban J connectivity index is 2.09. The predicted molar refractivity (Wildman–Crippen MR) is 91.9 cm³/mol. The van der Waals surface area contributed by atoms with Crippen molar-refractivity contribution in [1.82, 2.24) is 9.38 Å². The largest absolute Gasteiger partial charge is 0.376 e. The van der Waals surface area contributed by atoms with Crippen LogP contribution in [0.3, 0.4) is 0 Å². The summed E-state index contributed by atoms with van der Waals surface area (Å²) in [6, 6.07) is 12.5. The van der Waals surface area contributed by atoms with E-state index >= 15 is 0 Å². The maximum atomic E-state index is 12.4. The molecule has 0 bridgehead atoms. The molecule has 122 valence electrons. The van der Waals surface area contributed by atoms with Crippen molar-refractivity contribution in [3.05, 3.63) is 74.7 Å². The van der Waals surface area contributed by atoms with Crippen LogP contribution in [-0.2, 0) is 0 Å². The van der Waals surface area contributed by atoms with Gasteiger partial charge in [0.15, 0.2) is 0 Å². The molecular formula is C17H16N4O3. The summed E-state index contributed by atoms with van der Waals surface area (Å²) in [6.07, 6.45) is 1.46. The molecular weight excluding hydrogens is 308 g/mol. The van der Waals surface area contributed by atoms with Crippen molar-refractivity contribution < 1.29 is 4.92 Å². The van der Waals surface area contributed by atoms with Crippen molar-refractivity contribution in [2.45, 2.75) is 19.8 Å². The van der Waals surface area contributed by atoms with E-state index in [1.54, 1.807) is 18.2 Å². The molecule has 0 radical (unpaired) electrons. The third kappa shape index (κ3) is 2.83. The van der Waals surface area contributed by atoms with E-state index in [0.29, 0.717) is 17.3 Å². The number of hydrogen-bond donors (Lipinski definition) is 1. The quantitative estimate of drug-likeness (QED) is 0.586. The van der Waals surface area contributed by atoms with Crippen molar-refractivity contribution >= 4 is 22.8 Å². The van der Waals surface area contributed by atoms with Gasteiger partial charge in [0.2, 0.25) is 5.82 Å². The number of rotatable bonds is 4. The van der Waals surface area contributed by atoms with Gasteiger partial charge in [-0.3, -0.25) is 19.3 Å². The first-order valence-corrected chi connectivity index (χ1v) is 7.50. The molecule has 0 spiro atoms. The molecule has 0 atom stereocenters. The number of pyridine rings is 1. The SMILES string of the molecule is CC(C)c1ccc(Nc2nc3ccccn3c(=O)c2[N+](=O)[O-])cc1. The number of benzene rings is 1. The van der Waals surface area contributed by atoms with Gasteiger partial charge in [-0.2, -0.15) is 0 Å². The number of hydrogen-bond acceptors (Lipinski definition) is 5. The number of aromatic nitrogens is 2. The van der Waals surface area contributed by atoms with Crippen LogP contribution in [0.4, 0.5) is 17.2 Å². The summed E-state index contributed by atoms with van der Waals surface area (Å²) in [7, 11) is 0. The Hall–Kier alpha value is -3.22. The summed E-state index contributed by atoms with van der Waals surface area (Å²) >= 11 is 0. The molecule has 1 aromatic carbocycles. The summed E-state index contributed by atoms with van der Waals surface area (Å²) < 4.78 is 1.16. The lowest BCUT2D eigenvalue weighted by molar-refractivity contribution is -0.385. The van der Waals surface area contributed by atoms with Crippen molar-refractivity contribution in [3.63, 3.8) is 0 Å². The molecule has 2 aromatic heterocycles. The third-order valence-electron chi connectivity index (χ3n) is 3.73. The molecule has 3 aromatic rings. The number of anilines is 2.